The first-order valence-corrected chi connectivity index (χ1v) is 7.08. The summed E-state index contributed by atoms with van der Waals surface area (Å²) in [4.78, 5) is 16.2. The molecule has 0 saturated heterocycles. The van der Waals surface area contributed by atoms with Gasteiger partial charge in [-0.3, -0.25) is 4.79 Å². The number of hydrogen-bond donors (Lipinski definition) is 2. The topological polar surface area (TPSA) is 68.0 Å². The van der Waals surface area contributed by atoms with E-state index in [1.54, 1.807) is 0 Å². The number of hydrogen-bond acceptors (Lipinski definition) is 4. The minimum Gasteiger partial charge on any atom is -0.396 e. The van der Waals surface area contributed by atoms with Crippen LogP contribution in [0.25, 0.3) is 0 Å². The Bertz CT molecular complexity index is 629. The Morgan fingerprint density at radius 3 is 2.95 bits per heavy atom. The Morgan fingerprint density at radius 1 is 1.58 bits per heavy atom. The monoisotopic (exact) mass is 343 g/mol. The maximum Gasteiger partial charge on any atom is 0.252 e. The molecule has 1 aromatic carbocycles. The first kappa shape index (κ1) is 14.0. The van der Waals surface area contributed by atoms with Crippen molar-refractivity contribution < 1.29 is 9.18 Å². The number of rotatable bonds is 3. The molecule has 2 rings (SSSR count). The number of aromatic nitrogens is 1. The fourth-order valence-electron chi connectivity index (χ4n) is 1.50. The molecule has 0 saturated carbocycles. The lowest BCUT2D eigenvalue weighted by Crippen LogP contribution is -2.23. The highest BCUT2D eigenvalue weighted by molar-refractivity contribution is 9.10. The summed E-state index contributed by atoms with van der Waals surface area (Å²) in [6.07, 6.45) is 0. The highest BCUT2D eigenvalue weighted by Gasteiger charge is 2.13. The van der Waals surface area contributed by atoms with Crippen LogP contribution in [0.1, 0.15) is 21.1 Å². The van der Waals surface area contributed by atoms with Crippen LogP contribution in [0, 0.1) is 12.7 Å². The van der Waals surface area contributed by atoms with Crippen LogP contribution in [0.4, 0.5) is 10.1 Å². The molecule has 0 fully saturated rings. The molecular formula is C12H11BrFN3OS. The molecule has 100 valence electrons. The Morgan fingerprint density at radius 2 is 2.32 bits per heavy atom. The van der Waals surface area contributed by atoms with Crippen molar-refractivity contribution in [3.63, 3.8) is 0 Å². The lowest BCUT2D eigenvalue weighted by molar-refractivity contribution is 0.0949. The molecule has 0 aliphatic rings. The lowest BCUT2D eigenvalue weighted by atomic mass is 10.2. The number of amides is 1. The summed E-state index contributed by atoms with van der Waals surface area (Å²) in [5.74, 6) is -0.886. The summed E-state index contributed by atoms with van der Waals surface area (Å²) in [6.45, 7) is 2.22. The fourth-order valence-corrected chi connectivity index (χ4v) is 2.60. The van der Waals surface area contributed by atoms with Crippen LogP contribution in [-0.2, 0) is 6.54 Å². The third-order valence-corrected chi connectivity index (χ3v) is 3.91. The number of nitrogens with zero attached hydrogens (tertiary/aromatic N) is 1. The van der Waals surface area contributed by atoms with Crippen molar-refractivity contribution >= 4 is 38.9 Å². The molecule has 1 aromatic heterocycles. The highest BCUT2D eigenvalue weighted by Crippen LogP contribution is 2.22. The van der Waals surface area contributed by atoms with E-state index in [1.807, 2.05) is 12.3 Å². The van der Waals surface area contributed by atoms with E-state index in [2.05, 4.69) is 26.2 Å². The standard InChI is InChI=1S/C12H11BrFN3OS/c1-6-17-7(5-19-6)4-16-12(18)8-2-11(15)10(14)3-9(8)13/h2-3,5H,4,15H2,1H3,(H,16,18). The van der Waals surface area contributed by atoms with Gasteiger partial charge in [0.05, 0.1) is 28.5 Å². The number of aryl methyl sites for hydroxylation is 1. The number of nitrogens with two attached hydrogens (primary N) is 1. The molecule has 7 heteroatoms. The predicted octanol–water partition coefficient (Wildman–Crippen LogP) is 2.87. The average molecular weight is 344 g/mol. The van der Waals surface area contributed by atoms with Gasteiger partial charge in [0.2, 0.25) is 0 Å². The van der Waals surface area contributed by atoms with Crippen LogP contribution >= 0.6 is 27.3 Å². The summed E-state index contributed by atoms with van der Waals surface area (Å²) < 4.78 is 13.5. The zero-order valence-corrected chi connectivity index (χ0v) is 12.4. The van der Waals surface area contributed by atoms with E-state index in [4.69, 9.17) is 5.73 Å². The summed E-state index contributed by atoms with van der Waals surface area (Å²) in [5.41, 5.74) is 6.48. The van der Waals surface area contributed by atoms with Crippen LogP contribution in [0.3, 0.4) is 0 Å². The molecule has 4 nitrogen and oxygen atoms in total. The Balaban J connectivity index is 2.10. The second-order valence-electron chi connectivity index (χ2n) is 3.89. The van der Waals surface area contributed by atoms with Crippen molar-refractivity contribution in [2.75, 3.05) is 5.73 Å². The first-order valence-electron chi connectivity index (χ1n) is 5.41. The lowest BCUT2D eigenvalue weighted by Gasteiger charge is -2.07. The van der Waals surface area contributed by atoms with Gasteiger partial charge in [-0.25, -0.2) is 9.37 Å². The molecule has 0 atom stereocenters. The number of thiazole rings is 1. The molecule has 0 unspecified atom stereocenters. The second-order valence-corrected chi connectivity index (χ2v) is 5.81. The minimum atomic E-state index is -0.557. The Kier molecular flexibility index (Phi) is 4.16. The Hall–Kier alpha value is -1.47. The van der Waals surface area contributed by atoms with E-state index in [0.717, 1.165) is 10.7 Å². The molecule has 0 aliphatic heterocycles. The van der Waals surface area contributed by atoms with E-state index in [-0.39, 0.29) is 11.6 Å². The van der Waals surface area contributed by atoms with E-state index in [0.29, 0.717) is 16.6 Å². The van der Waals surface area contributed by atoms with Crippen LogP contribution in [-0.4, -0.2) is 10.9 Å². The minimum absolute atomic E-state index is 0.0575. The zero-order valence-electron chi connectivity index (χ0n) is 10.0. The summed E-state index contributed by atoms with van der Waals surface area (Å²) in [5, 5.41) is 5.53. The smallest absolute Gasteiger partial charge is 0.252 e. The molecular weight excluding hydrogens is 333 g/mol. The van der Waals surface area contributed by atoms with Gasteiger partial charge in [0.1, 0.15) is 5.82 Å². The number of nitrogen functional groups attached to an aromatic ring is 1. The molecule has 2 aromatic rings. The van der Waals surface area contributed by atoms with Gasteiger partial charge >= 0.3 is 0 Å². The van der Waals surface area contributed by atoms with Gasteiger partial charge in [-0.15, -0.1) is 11.3 Å². The van der Waals surface area contributed by atoms with E-state index in [9.17, 15) is 9.18 Å². The molecule has 19 heavy (non-hydrogen) atoms. The number of carbonyl (C=O) groups excluding carboxylic acids is 1. The largest absolute Gasteiger partial charge is 0.396 e. The average Bonchev–Trinajstić information content (AvgIpc) is 2.77. The van der Waals surface area contributed by atoms with E-state index < -0.39 is 5.82 Å². The number of anilines is 1. The molecule has 0 spiro atoms. The quantitative estimate of drug-likeness (QED) is 0.842. The van der Waals surface area contributed by atoms with Crippen LogP contribution in [0.15, 0.2) is 22.0 Å². The normalized spacial score (nSPS) is 10.5. The summed E-state index contributed by atoms with van der Waals surface area (Å²) in [7, 11) is 0. The first-order chi connectivity index (χ1) is 8.97. The van der Waals surface area contributed by atoms with E-state index in [1.165, 1.54) is 23.5 Å². The van der Waals surface area contributed by atoms with Crippen molar-refractivity contribution in [3.05, 3.63) is 44.1 Å². The van der Waals surface area contributed by atoms with Crippen LogP contribution < -0.4 is 11.1 Å². The van der Waals surface area contributed by atoms with Gasteiger partial charge in [0, 0.05) is 9.85 Å². The van der Waals surface area contributed by atoms with Gasteiger partial charge in [-0.1, -0.05) is 0 Å². The number of halogens is 2. The molecule has 1 amide bonds. The van der Waals surface area contributed by atoms with Crippen molar-refractivity contribution in [1.29, 1.82) is 0 Å². The number of nitrogens with one attached hydrogen (secondary N) is 1. The Labute approximate surface area is 122 Å². The second kappa shape index (κ2) is 5.66. The molecule has 0 bridgehead atoms. The highest BCUT2D eigenvalue weighted by atomic mass is 79.9. The number of carbonyl (C=O) groups is 1. The third-order valence-electron chi connectivity index (χ3n) is 2.43. The van der Waals surface area contributed by atoms with Gasteiger partial charge in [0.15, 0.2) is 0 Å². The maximum absolute atomic E-state index is 13.2. The van der Waals surface area contributed by atoms with Crippen molar-refractivity contribution in [2.45, 2.75) is 13.5 Å². The fraction of sp³-hybridized carbons (Fsp3) is 0.167. The SMILES string of the molecule is Cc1nc(CNC(=O)c2cc(N)c(F)cc2Br)cs1. The van der Waals surface area contributed by atoms with Gasteiger partial charge in [-0.2, -0.15) is 0 Å². The van der Waals surface area contributed by atoms with Crippen molar-refractivity contribution in [1.82, 2.24) is 10.3 Å². The summed E-state index contributed by atoms with van der Waals surface area (Å²) in [6, 6.07) is 2.48. The maximum atomic E-state index is 13.2. The number of benzene rings is 1. The van der Waals surface area contributed by atoms with Crippen LogP contribution in [0.2, 0.25) is 0 Å². The molecule has 1 heterocycles. The van der Waals surface area contributed by atoms with Crippen LogP contribution in [0.5, 0.6) is 0 Å². The van der Waals surface area contributed by atoms with E-state index >= 15 is 0 Å². The molecule has 0 aliphatic carbocycles. The predicted molar refractivity (Wildman–Crippen MR) is 76.5 cm³/mol. The third kappa shape index (κ3) is 3.30. The molecule has 0 radical (unpaired) electrons. The van der Waals surface area contributed by atoms with Gasteiger partial charge in [0.25, 0.3) is 5.91 Å². The molecule has 3 N–H and O–H groups in total. The van der Waals surface area contributed by atoms with Gasteiger partial charge < -0.3 is 11.1 Å². The summed E-state index contributed by atoms with van der Waals surface area (Å²) >= 11 is 4.66. The zero-order chi connectivity index (χ0) is 14.0. The van der Waals surface area contributed by atoms with Crippen molar-refractivity contribution in [3.8, 4) is 0 Å². The van der Waals surface area contributed by atoms with Gasteiger partial charge in [-0.05, 0) is 35.0 Å². The van der Waals surface area contributed by atoms with Crippen molar-refractivity contribution in [2.24, 2.45) is 0 Å².